The molecule has 1 amide bonds. The SMILES string of the molecule is CC(C)(C)OC(=O)N1C[C@H](Oc2ccc(I)cn2)C[C@H]1C(=O)O. The Morgan fingerprint density at radius 3 is 2.61 bits per heavy atom. The summed E-state index contributed by atoms with van der Waals surface area (Å²) in [6.07, 6.45) is 0.774. The van der Waals surface area contributed by atoms with Gasteiger partial charge in [-0.1, -0.05) is 0 Å². The van der Waals surface area contributed by atoms with Gasteiger partial charge in [0.2, 0.25) is 5.88 Å². The number of aliphatic carboxylic acids is 1. The van der Waals surface area contributed by atoms with Crippen LogP contribution in [0.4, 0.5) is 4.79 Å². The van der Waals surface area contributed by atoms with Gasteiger partial charge in [-0.05, 0) is 49.4 Å². The summed E-state index contributed by atoms with van der Waals surface area (Å²) in [6.45, 7) is 5.36. The maximum Gasteiger partial charge on any atom is 0.411 e. The van der Waals surface area contributed by atoms with Crippen LogP contribution in [-0.4, -0.2) is 51.3 Å². The molecule has 1 N–H and O–H groups in total. The van der Waals surface area contributed by atoms with Crippen molar-refractivity contribution in [3.05, 3.63) is 21.9 Å². The van der Waals surface area contributed by atoms with Gasteiger partial charge < -0.3 is 14.6 Å². The van der Waals surface area contributed by atoms with Crippen molar-refractivity contribution in [3.8, 4) is 5.88 Å². The average Bonchev–Trinajstić information content (AvgIpc) is 2.84. The van der Waals surface area contributed by atoms with Crippen molar-refractivity contribution in [1.29, 1.82) is 0 Å². The summed E-state index contributed by atoms with van der Waals surface area (Å²) in [4.78, 5) is 28.9. The largest absolute Gasteiger partial charge is 0.480 e. The molecule has 0 aliphatic carbocycles. The lowest BCUT2D eigenvalue weighted by atomic mass is 10.2. The fraction of sp³-hybridized carbons (Fsp3) is 0.533. The zero-order chi connectivity index (χ0) is 17.2. The minimum Gasteiger partial charge on any atom is -0.480 e. The lowest BCUT2D eigenvalue weighted by molar-refractivity contribution is -0.142. The molecule has 0 spiro atoms. The predicted molar refractivity (Wildman–Crippen MR) is 90.4 cm³/mol. The summed E-state index contributed by atoms with van der Waals surface area (Å²) in [5.41, 5.74) is -0.684. The summed E-state index contributed by atoms with van der Waals surface area (Å²) < 4.78 is 11.9. The van der Waals surface area contributed by atoms with Gasteiger partial charge in [-0.2, -0.15) is 0 Å². The summed E-state index contributed by atoms with van der Waals surface area (Å²) >= 11 is 2.13. The molecule has 0 unspecified atom stereocenters. The van der Waals surface area contributed by atoms with Crippen LogP contribution in [-0.2, 0) is 9.53 Å². The molecule has 23 heavy (non-hydrogen) atoms. The van der Waals surface area contributed by atoms with Crippen LogP contribution in [0.15, 0.2) is 18.3 Å². The molecule has 1 aromatic rings. The number of hydrogen-bond acceptors (Lipinski definition) is 5. The van der Waals surface area contributed by atoms with Crippen LogP contribution in [0.25, 0.3) is 0 Å². The Hall–Kier alpha value is -1.58. The van der Waals surface area contributed by atoms with Gasteiger partial charge in [0.1, 0.15) is 17.7 Å². The first kappa shape index (κ1) is 17.8. The van der Waals surface area contributed by atoms with Crippen molar-refractivity contribution >= 4 is 34.7 Å². The molecule has 7 nitrogen and oxygen atoms in total. The number of carbonyl (C=O) groups excluding carboxylic acids is 1. The average molecular weight is 434 g/mol. The second-order valence-corrected chi connectivity index (χ2v) is 7.52. The van der Waals surface area contributed by atoms with Crippen molar-refractivity contribution in [2.75, 3.05) is 6.54 Å². The molecule has 1 aliphatic heterocycles. The molecular weight excluding hydrogens is 415 g/mol. The molecule has 1 aromatic heterocycles. The number of hydrogen-bond donors (Lipinski definition) is 1. The first-order valence-corrected chi connectivity index (χ1v) is 8.24. The molecule has 2 heterocycles. The molecule has 2 atom stereocenters. The van der Waals surface area contributed by atoms with E-state index in [1.165, 1.54) is 4.90 Å². The van der Waals surface area contributed by atoms with E-state index in [-0.39, 0.29) is 13.0 Å². The summed E-state index contributed by atoms with van der Waals surface area (Å²) in [7, 11) is 0. The van der Waals surface area contributed by atoms with Crippen molar-refractivity contribution < 1.29 is 24.2 Å². The Kier molecular flexibility index (Phi) is 5.33. The molecule has 2 rings (SSSR count). The fourth-order valence-corrected chi connectivity index (χ4v) is 2.56. The molecule has 1 saturated heterocycles. The molecular formula is C15H19IN2O5. The maximum absolute atomic E-state index is 12.2. The minimum atomic E-state index is -1.07. The second-order valence-electron chi connectivity index (χ2n) is 6.28. The number of amides is 1. The van der Waals surface area contributed by atoms with Crippen molar-refractivity contribution in [3.63, 3.8) is 0 Å². The van der Waals surface area contributed by atoms with Gasteiger partial charge in [-0.15, -0.1) is 0 Å². The number of carboxylic acids is 1. The van der Waals surface area contributed by atoms with Crippen LogP contribution in [0, 0.1) is 3.57 Å². The zero-order valence-electron chi connectivity index (χ0n) is 13.2. The van der Waals surface area contributed by atoms with Gasteiger partial charge in [-0.3, -0.25) is 4.90 Å². The lowest BCUT2D eigenvalue weighted by Crippen LogP contribution is -2.43. The highest BCUT2D eigenvalue weighted by Gasteiger charge is 2.42. The van der Waals surface area contributed by atoms with Crippen LogP contribution in [0.2, 0.25) is 0 Å². The van der Waals surface area contributed by atoms with Crippen LogP contribution in [0.1, 0.15) is 27.2 Å². The minimum absolute atomic E-state index is 0.152. The van der Waals surface area contributed by atoms with Gasteiger partial charge in [0.15, 0.2) is 0 Å². The monoisotopic (exact) mass is 434 g/mol. The van der Waals surface area contributed by atoms with Crippen LogP contribution in [0.5, 0.6) is 5.88 Å². The highest BCUT2D eigenvalue weighted by atomic mass is 127. The molecule has 126 valence electrons. The second kappa shape index (κ2) is 6.90. The lowest BCUT2D eigenvalue weighted by Gasteiger charge is -2.26. The van der Waals surface area contributed by atoms with Gasteiger partial charge in [-0.25, -0.2) is 14.6 Å². The van der Waals surface area contributed by atoms with Crippen molar-refractivity contribution in [2.24, 2.45) is 0 Å². The Balaban J connectivity index is 2.06. The summed E-state index contributed by atoms with van der Waals surface area (Å²) in [6, 6.07) is 2.60. The zero-order valence-corrected chi connectivity index (χ0v) is 15.3. The number of carbonyl (C=O) groups is 2. The smallest absolute Gasteiger partial charge is 0.411 e. The number of nitrogens with zero attached hydrogens (tertiary/aromatic N) is 2. The van der Waals surface area contributed by atoms with E-state index in [0.717, 1.165) is 3.57 Å². The number of halogens is 1. The number of pyridine rings is 1. The van der Waals surface area contributed by atoms with Crippen molar-refractivity contribution in [2.45, 2.75) is 44.9 Å². The fourth-order valence-electron chi connectivity index (χ4n) is 2.24. The Bertz CT molecular complexity index is 585. The normalized spacial score (nSPS) is 21.1. The van der Waals surface area contributed by atoms with E-state index >= 15 is 0 Å². The Morgan fingerprint density at radius 2 is 2.09 bits per heavy atom. The molecule has 0 bridgehead atoms. The van der Waals surface area contributed by atoms with Gasteiger partial charge in [0.05, 0.1) is 6.54 Å². The quantitative estimate of drug-likeness (QED) is 0.736. The summed E-state index contributed by atoms with van der Waals surface area (Å²) in [5.74, 6) is -0.664. The third kappa shape index (κ3) is 4.95. The van der Waals surface area contributed by atoms with E-state index in [4.69, 9.17) is 9.47 Å². The standard InChI is InChI=1S/C15H19IN2O5/c1-15(2,3)23-14(21)18-8-10(6-11(18)13(19)20)22-12-5-4-9(16)7-17-12/h4-5,7,10-11H,6,8H2,1-3H3,(H,19,20)/t10-,11+/m1/s1. The molecule has 1 fully saturated rings. The number of rotatable bonds is 3. The Morgan fingerprint density at radius 1 is 1.39 bits per heavy atom. The topological polar surface area (TPSA) is 89.0 Å². The van der Waals surface area contributed by atoms with Crippen molar-refractivity contribution in [1.82, 2.24) is 9.88 Å². The molecule has 8 heteroatoms. The maximum atomic E-state index is 12.2. The highest BCUT2D eigenvalue weighted by molar-refractivity contribution is 14.1. The molecule has 0 saturated carbocycles. The number of aromatic nitrogens is 1. The summed E-state index contributed by atoms with van der Waals surface area (Å²) in [5, 5.41) is 9.33. The molecule has 1 aliphatic rings. The van der Waals surface area contributed by atoms with E-state index in [0.29, 0.717) is 5.88 Å². The molecule has 0 radical (unpaired) electrons. The van der Waals surface area contributed by atoms with Crippen LogP contribution in [0.3, 0.4) is 0 Å². The van der Waals surface area contributed by atoms with E-state index in [1.54, 1.807) is 33.0 Å². The van der Waals surface area contributed by atoms with Crippen LogP contribution < -0.4 is 4.74 Å². The molecule has 0 aromatic carbocycles. The highest BCUT2D eigenvalue weighted by Crippen LogP contribution is 2.24. The van der Waals surface area contributed by atoms with E-state index in [1.807, 2.05) is 6.07 Å². The van der Waals surface area contributed by atoms with Crippen LogP contribution >= 0.6 is 22.6 Å². The third-order valence-corrected chi connectivity index (χ3v) is 3.80. The van der Waals surface area contributed by atoms with E-state index in [9.17, 15) is 14.7 Å². The predicted octanol–water partition coefficient (Wildman–Crippen LogP) is 2.53. The van der Waals surface area contributed by atoms with E-state index in [2.05, 4.69) is 27.6 Å². The third-order valence-electron chi connectivity index (χ3n) is 3.16. The number of likely N-dealkylation sites (tertiary alicyclic amines) is 1. The number of ether oxygens (including phenoxy) is 2. The number of carboxylic acid groups (broad SMARTS) is 1. The Labute approximate surface area is 148 Å². The van der Waals surface area contributed by atoms with E-state index < -0.39 is 29.8 Å². The first-order chi connectivity index (χ1) is 10.7. The van der Waals surface area contributed by atoms with Gasteiger partial charge >= 0.3 is 12.1 Å². The van der Waals surface area contributed by atoms with Gasteiger partial charge in [0.25, 0.3) is 0 Å². The first-order valence-electron chi connectivity index (χ1n) is 7.16. The van der Waals surface area contributed by atoms with Gasteiger partial charge in [0, 0.05) is 22.3 Å².